The Kier molecular flexibility index (Phi) is 2.97. The van der Waals surface area contributed by atoms with Crippen LogP contribution >= 0.6 is 0 Å². The van der Waals surface area contributed by atoms with Crippen molar-refractivity contribution in [2.45, 2.75) is 6.10 Å². The van der Waals surface area contributed by atoms with E-state index in [1.807, 2.05) is 6.07 Å². The fourth-order valence-corrected chi connectivity index (χ4v) is 1.56. The first-order chi connectivity index (χ1) is 7.66. The number of halogens is 2. The molecular weight excluding hydrogens is 210 g/mol. The lowest BCUT2D eigenvalue weighted by atomic mass is 10.0. The predicted octanol–water partition coefficient (Wildman–Crippen LogP) is 3.05. The van der Waals surface area contributed by atoms with E-state index in [9.17, 15) is 13.9 Å². The van der Waals surface area contributed by atoms with Crippen LogP contribution in [-0.4, -0.2) is 5.11 Å². The average Bonchev–Trinajstić information content (AvgIpc) is 2.28. The number of rotatable bonds is 2. The van der Waals surface area contributed by atoms with Crippen molar-refractivity contribution in [3.8, 4) is 0 Å². The lowest BCUT2D eigenvalue weighted by Crippen LogP contribution is -2.00. The summed E-state index contributed by atoms with van der Waals surface area (Å²) in [7, 11) is 0. The molecule has 2 aromatic carbocycles. The highest BCUT2D eigenvalue weighted by Gasteiger charge is 2.12. The van der Waals surface area contributed by atoms with Gasteiger partial charge in [-0.25, -0.2) is 8.78 Å². The summed E-state index contributed by atoms with van der Waals surface area (Å²) in [6, 6.07) is 11.8. The monoisotopic (exact) mass is 220 g/mol. The normalized spacial score (nSPS) is 12.4. The maximum Gasteiger partial charge on any atom is 0.126 e. The molecule has 0 bridgehead atoms. The molecule has 2 aromatic rings. The number of aliphatic hydroxyl groups excluding tert-OH is 1. The Bertz CT molecular complexity index is 462. The molecule has 0 aliphatic carbocycles. The van der Waals surface area contributed by atoms with Crippen molar-refractivity contribution in [2.24, 2.45) is 0 Å². The van der Waals surface area contributed by atoms with Crippen molar-refractivity contribution in [3.05, 3.63) is 71.3 Å². The summed E-state index contributed by atoms with van der Waals surface area (Å²) < 4.78 is 25.9. The van der Waals surface area contributed by atoms with Gasteiger partial charge >= 0.3 is 0 Å². The van der Waals surface area contributed by atoms with Gasteiger partial charge in [0.1, 0.15) is 17.7 Å². The average molecular weight is 220 g/mol. The molecule has 0 fully saturated rings. The minimum Gasteiger partial charge on any atom is -0.384 e. The summed E-state index contributed by atoms with van der Waals surface area (Å²) in [6.07, 6.45) is -1.01. The van der Waals surface area contributed by atoms with E-state index in [1.165, 1.54) is 0 Å². The van der Waals surface area contributed by atoms with E-state index in [-0.39, 0.29) is 5.56 Å². The zero-order valence-electron chi connectivity index (χ0n) is 8.40. The summed E-state index contributed by atoms with van der Waals surface area (Å²) in [5.41, 5.74) is 0.816. The molecule has 0 spiro atoms. The number of hydrogen-bond donors (Lipinski definition) is 1. The molecule has 16 heavy (non-hydrogen) atoms. The second-order valence-corrected chi connectivity index (χ2v) is 3.52. The Labute approximate surface area is 92.0 Å². The van der Waals surface area contributed by atoms with Crippen LogP contribution in [0, 0.1) is 11.6 Å². The molecular formula is C13H10F2O. The van der Waals surface area contributed by atoms with Crippen molar-refractivity contribution in [3.63, 3.8) is 0 Å². The Morgan fingerprint density at radius 2 is 1.38 bits per heavy atom. The molecule has 0 saturated carbocycles. The molecule has 1 atom stereocenters. The van der Waals surface area contributed by atoms with Gasteiger partial charge in [0.05, 0.1) is 0 Å². The Morgan fingerprint density at radius 3 is 1.94 bits per heavy atom. The third kappa shape index (κ3) is 2.25. The van der Waals surface area contributed by atoms with E-state index in [2.05, 4.69) is 0 Å². The molecule has 0 aliphatic heterocycles. The van der Waals surface area contributed by atoms with Gasteiger partial charge in [0.15, 0.2) is 0 Å². The first kappa shape index (κ1) is 10.8. The molecule has 0 saturated heterocycles. The topological polar surface area (TPSA) is 20.2 Å². The van der Waals surface area contributed by atoms with E-state index in [4.69, 9.17) is 0 Å². The second kappa shape index (κ2) is 4.41. The standard InChI is InChI=1S/C13H10F2O/c14-11-6-10(7-12(15)8-11)13(16)9-4-2-1-3-5-9/h1-8,13,16H/t13-/m1/s1. The summed E-state index contributed by atoms with van der Waals surface area (Å²) in [5, 5.41) is 9.91. The zero-order chi connectivity index (χ0) is 11.5. The lowest BCUT2D eigenvalue weighted by Gasteiger charge is -2.11. The van der Waals surface area contributed by atoms with Crippen molar-refractivity contribution in [1.82, 2.24) is 0 Å². The molecule has 1 nitrogen and oxygen atoms in total. The summed E-state index contributed by atoms with van der Waals surface area (Å²) >= 11 is 0. The minimum atomic E-state index is -1.01. The van der Waals surface area contributed by atoms with Gasteiger partial charge in [-0.05, 0) is 23.3 Å². The van der Waals surface area contributed by atoms with Crippen molar-refractivity contribution < 1.29 is 13.9 Å². The van der Waals surface area contributed by atoms with Gasteiger partial charge in [0.25, 0.3) is 0 Å². The van der Waals surface area contributed by atoms with Gasteiger partial charge in [-0.3, -0.25) is 0 Å². The molecule has 0 amide bonds. The largest absolute Gasteiger partial charge is 0.384 e. The van der Waals surface area contributed by atoms with E-state index in [0.29, 0.717) is 5.56 Å². The van der Waals surface area contributed by atoms with Crippen LogP contribution in [-0.2, 0) is 0 Å². The molecule has 0 heterocycles. The van der Waals surface area contributed by atoms with Crippen LogP contribution in [0.5, 0.6) is 0 Å². The minimum absolute atomic E-state index is 0.212. The molecule has 3 heteroatoms. The summed E-state index contributed by atoms with van der Waals surface area (Å²) in [4.78, 5) is 0. The zero-order valence-corrected chi connectivity index (χ0v) is 8.40. The molecule has 0 radical (unpaired) electrons. The van der Waals surface area contributed by atoms with Gasteiger partial charge in [-0.15, -0.1) is 0 Å². The van der Waals surface area contributed by atoms with Crippen LogP contribution in [0.4, 0.5) is 8.78 Å². The smallest absolute Gasteiger partial charge is 0.126 e. The SMILES string of the molecule is O[C@H](c1ccccc1)c1cc(F)cc(F)c1. The highest BCUT2D eigenvalue weighted by Crippen LogP contribution is 2.22. The van der Waals surface area contributed by atoms with Gasteiger partial charge in [0.2, 0.25) is 0 Å². The molecule has 0 aliphatic rings. The van der Waals surface area contributed by atoms with Crippen LogP contribution < -0.4 is 0 Å². The predicted molar refractivity (Wildman–Crippen MR) is 56.9 cm³/mol. The maximum absolute atomic E-state index is 13.0. The highest BCUT2D eigenvalue weighted by molar-refractivity contribution is 5.30. The summed E-state index contributed by atoms with van der Waals surface area (Å²) in [5.74, 6) is -1.38. The fourth-order valence-electron chi connectivity index (χ4n) is 1.56. The maximum atomic E-state index is 13.0. The van der Waals surface area contributed by atoms with Gasteiger partial charge in [-0.1, -0.05) is 30.3 Å². The fraction of sp³-hybridized carbons (Fsp3) is 0.0769. The highest BCUT2D eigenvalue weighted by atomic mass is 19.1. The quantitative estimate of drug-likeness (QED) is 0.824. The van der Waals surface area contributed by atoms with E-state index in [1.54, 1.807) is 24.3 Å². The Balaban J connectivity index is 2.37. The van der Waals surface area contributed by atoms with Gasteiger partial charge < -0.3 is 5.11 Å². The first-order valence-electron chi connectivity index (χ1n) is 4.86. The molecule has 0 unspecified atom stereocenters. The molecule has 2 rings (SSSR count). The second-order valence-electron chi connectivity index (χ2n) is 3.52. The third-order valence-electron chi connectivity index (χ3n) is 2.32. The molecule has 0 aromatic heterocycles. The van der Waals surface area contributed by atoms with Crippen LogP contribution in [0.2, 0.25) is 0 Å². The van der Waals surface area contributed by atoms with E-state index in [0.717, 1.165) is 18.2 Å². The van der Waals surface area contributed by atoms with Crippen molar-refractivity contribution in [1.29, 1.82) is 0 Å². The Hall–Kier alpha value is -1.74. The van der Waals surface area contributed by atoms with Gasteiger partial charge in [0, 0.05) is 6.07 Å². The number of hydrogen-bond acceptors (Lipinski definition) is 1. The number of benzene rings is 2. The summed E-state index contributed by atoms with van der Waals surface area (Å²) in [6.45, 7) is 0. The molecule has 82 valence electrons. The first-order valence-corrected chi connectivity index (χ1v) is 4.86. The van der Waals surface area contributed by atoms with Gasteiger partial charge in [-0.2, -0.15) is 0 Å². The van der Waals surface area contributed by atoms with Crippen LogP contribution in [0.15, 0.2) is 48.5 Å². The number of aliphatic hydroxyl groups is 1. The third-order valence-corrected chi connectivity index (χ3v) is 2.32. The Morgan fingerprint density at radius 1 is 0.812 bits per heavy atom. The van der Waals surface area contributed by atoms with Crippen molar-refractivity contribution in [2.75, 3.05) is 0 Å². The lowest BCUT2D eigenvalue weighted by molar-refractivity contribution is 0.219. The van der Waals surface area contributed by atoms with Crippen LogP contribution in [0.1, 0.15) is 17.2 Å². The van der Waals surface area contributed by atoms with E-state index < -0.39 is 17.7 Å². The van der Waals surface area contributed by atoms with Crippen molar-refractivity contribution >= 4 is 0 Å². The van der Waals surface area contributed by atoms with Crippen LogP contribution in [0.25, 0.3) is 0 Å². The van der Waals surface area contributed by atoms with E-state index >= 15 is 0 Å². The molecule has 1 N–H and O–H groups in total. The van der Waals surface area contributed by atoms with Crippen LogP contribution in [0.3, 0.4) is 0 Å².